The van der Waals surface area contributed by atoms with E-state index in [4.69, 9.17) is 9.47 Å². The molecule has 2 aromatic rings. The van der Waals surface area contributed by atoms with Gasteiger partial charge in [-0.05, 0) is 55.4 Å². The van der Waals surface area contributed by atoms with E-state index in [-0.39, 0.29) is 5.60 Å². The van der Waals surface area contributed by atoms with Crippen molar-refractivity contribution in [3.05, 3.63) is 59.7 Å². The maximum Gasteiger partial charge on any atom is 0.123 e. The lowest BCUT2D eigenvalue weighted by atomic mass is 9.83. The van der Waals surface area contributed by atoms with Gasteiger partial charge in [-0.3, -0.25) is 0 Å². The maximum atomic E-state index is 6.46. The molecular formula is C22H27NO2. The van der Waals surface area contributed by atoms with E-state index in [1.165, 1.54) is 11.1 Å². The van der Waals surface area contributed by atoms with Crippen LogP contribution >= 0.6 is 0 Å². The zero-order valence-electron chi connectivity index (χ0n) is 15.0. The predicted octanol–water partition coefficient (Wildman–Crippen LogP) is 4.10. The standard InChI is InChI=1S/C22H27NO2/c1-24-20-8-4-2-7-19(20)11-15-23-16-13-22(14-17-23)12-10-18-6-3-5-9-21(18)25-22/h2-9H,10-17H2,1H3. The number of methoxy groups -OCH3 is 1. The van der Waals surface area contributed by atoms with E-state index in [0.717, 1.165) is 63.2 Å². The van der Waals surface area contributed by atoms with Crippen molar-refractivity contribution >= 4 is 0 Å². The number of hydrogen-bond donors (Lipinski definition) is 0. The fourth-order valence-electron chi connectivity index (χ4n) is 4.18. The summed E-state index contributed by atoms with van der Waals surface area (Å²) in [5.41, 5.74) is 2.73. The molecule has 3 nitrogen and oxygen atoms in total. The van der Waals surface area contributed by atoms with Crippen LogP contribution in [0.1, 0.15) is 30.4 Å². The number of likely N-dealkylation sites (tertiary alicyclic amines) is 1. The minimum absolute atomic E-state index is 0.0648. The summed E-state index contributed by atoms with van der Waals surface area (Å²) in [6, 6.07) is 16.9. The third kappa shape index (κ3) is 3.52. The molecule has 0 unspecified atom stereocenters. The summed E-state index contributed by atoms with van der Waals surface area (Å²) >= 11 is 0. The molecule has 2 aromatic carbocycles. The molecule has 0 aromatic heterocycles. The Balaban J connectivity index is 1.33. The van der Waals surface area contributed by atoms with Gasteiger partial charge in [0, 0.05) is 19.6 Å². The highest BCUT2D eigenvalue weighted by Gasteiger charge is 2.39. The minimum atomic E-state index is 0.0648. The van der Waals surface area contributed by atoms with Gasteiger partial charge in [-0.2, -0.15) is 0 Å². The van der Waals surface area contributed by atoms with Crippen LogP contribution in [0.25, 0.3) is 0 Å². The second-order valence-corrected chi connectivity index (χ2v) is 7.30. The number of nitrogens with zero attached hydrogens (tertiary/aromatic N) is 1. The summed E-state index contributed by atoms with van der Waals surface area (Å²) in [5.74, 6) is 2.11. The first-order chi connectivity index (χ1) is 12.3. The van der Waals surface area contributed by atoms with Crippen molar-refractivity contribution < 1.29 is 9.47 Å². The number of aryl methyl sites for hydroxylation is 1. The summed E-state index contributed by atoms with van der Waals surface area (Å²) in [4.78, 5) is 2.57. The molecule has 1 fully saturated rings. The zero-order chi connectivity index (χ0) is 17.1. The largest absolute Gasteiger partial charge is 0.496 e. The molecule has 0 atom stereocenters. The summed E-state index contributed by atoms with van der Waals surface area (Å²) in [7, 11) is 1.75. The lowest BCUT2D eigenvalue weighted by Gasteiger charge is -2.44. The predicted molar refractivity (Wildman–Crippen MR) is 100 cm³/mol. The van der Waals surface area contributed by atoms with Gasteiger partial charge in [0.05, 0.1) is 7.11 Å². The van der Waals surface area contributed by atoms with Gasteiger partial charge >= 0.3 is 0 Å². The Morgan fingerprint density at radius 2 is 1.76 bits per heavy atom. The molecule has 2 aliphatic rings. The fourth-order valence-corrected chi connectivity index (χ4v) is 4.18. The molecule has 0 N–H and O–H groups in total. The van der Waals surface area contributed by atoms with Crippen LogP contribution in [-0.2, 0) is 12.8 Å². The SMILES string of the molecule is COc1ccccc1CCN1CCC2(CCc3ccccc3O2)CC1. The highest BCUT2D eigenvalue weighted by molar-refractivity contribution is 5.36. The van der Waals surface area contributed by atoms with E-state index in [2.05, 4.69) is 41.3 Å². The molecule has 2 aliphatic heterocycles. The first kappa shape index (κ1) is 16.5. The van der Waals surface area contributed by atoms with E-state index in [9.17, 15) is 0 Å². The van der Waals surface area contributed by atoms with Crippen LogP contribution in [0.2, 0.25) is 0 Å². The van der Waals surface area contributed by atoms with Gasteiger partial charge in [0.25, 0.3) is 0 Å². The normalized spacial score (nSPS) is 19.2. The molecule has 0 saturated carbocycles. The smallest absolute Gasteiger partial charge is 0.123 e. The van der Waals surface area contributed by atoms with Crippen LogP contribution in [0.5, 0.6) is 11.5 Å². The molecule has 3 heteroatoms. The summed E-state index contributed by atoms with van der Waals surface area (Å²) in [6.45, 7) is 3.33. The van der Waals surface area contributed by atoms with Gasteiger partial charge < -0.3 is 14.4 Å². The van der Waals surface area contributed by atoms with Gasteiger partial charge in [0.15, 0.2) is 0 Å². The number of benzene rings is 2. The first-order valence-electron chi connectivity index (χ1n) is 9.39. The molecule has 1 spiro atoms. The summed E-state index contributed by atoms with van der Waals surface area (Å²) in [5, 5.41) is 0. The van der Waals surface area contributed by atoms with Crippen molar-refractivity contribution in [2.24, 2.45) is 0 Å². The number of fused-ring (bicyclic) bond motifs is 1. The molecule has 0 radical (unpaired) electrons. The Bertz CT molecular complexity index is 719. The van der Waals surface area contributed by atoms with E-state index < -0.39 is 0 Å². The quantitative estimate of drug-likeness (QED) is 0.838. The van der Waals surface area contributed by atoms with E-state index >= 15 is 0 Å². The zero-order valence-corrected chi connectivity index (χ0v) is 15.0. The summed E-state index contributed by atoms with van der Waals surface area (Å²) < 4.78 is 11.9. The second-order valence-electron chi connectivity index (χ2n) is 7.30. The Labute approximate surface area is 150 Å². The highest BCUT2D eigenvalue weighted by Crippen LogP contribution is 2.39. The van der Waals surface area contributed by atoms with E-state index in [0.29, 0.717) is 0 Å². The molecule has 25 heavy (non-hydrogen) atoms. The number of piperidine rings is 1. The van der Waals surface area contributed by atoms with Crippen LogP contribution < -0.4 is 9.47 Å². The Morgan fingerprint density at radius 3 is 2.60 bits per heavy atom. The average Bonchev–Trinajstić information content (AvgIpc) is 2.68. The topological polar surface area (TPSA) is 21.7 Å². The van der Waals surface area contributed by atoms with Crippen molar-refractivity contribution in [2.75, 3.05) is 26.7 Å². The number of hydrogen-bond acceptors (Lipinski definition) is 3. The van der Waals surface area contributed by atoms with Crippen LogP contribution in [0.4, 0.5) is 0 Å². The lowest BCUT2D eigenvalue weighted by Crippen LogP contribution is -2.50. The third-order valence-corrected chi connectivity index (χ3v) is 5.81. The molecule has 0 aliphatic carbocycles. The van der Waals surface area contributed by atoms with Crippen molar-refractivity contribution in [2.45, 2.75) is 37.7 Å². The van der Waals surface area contributed by atoms with Crippen LogP contribution in [-0.4, -0.2) is 37.2 Å². The van der Waals surface area contributed by atoms with Crippen LogP contribution in [0.15, 0.2) is 48.5 Å². The summed E-state index contributed by atoms with van der Waals surface area (Å²) in [6.07, 6.45) is 5.61. The van der Waals surface area contributed by atoms with Crippen LogP contribution in [0.3, 0.4) is 0 Å². The van der Waals surface area contributed by atoms with Gasteiger partial charge in [0.2, 0.25) is 0 Å². The van der Waals surface area contributed by atoms with Gasteiger partial charge in [-0.15, -0.1) is 0 Å². The van der Waals surface area contributed by atoms with E-state index in [1.807, 2.05) is 12.1 Å². The van der Waals surface area contributed by atoms with Gasteiger partial charge in [-0.1, -0.05) is 36.4 Å². The molecule has 0 amide bonds. The maximum absolute atomic E-state index is 6.46. The van der Waals surface area contributed by atoms with Gasteiger partial charge in [-0.25, -0.2) is 0 Å². The van der Waals surface area contributed by atoms with Crippen molar-refractivity contribution in [3.8, 4) is 11.5 Å². The fraction of sp³-hybridized carbons (Fsp3) is 0.455. The molecule has 0 bridgehead atoms. The highest BCUT2D eigenvalue weighted by atomic mass is 16.5. The van der Waals surface area contributed by atoms with Crippen LogP contribution in [0, 0.1) is 0 Å². The second kappa shape index (κ2) is 7.09. The molecule has 2 heterocycles. The van der Waals surface area contributed by atoms with E-state index in [1.54, 1.807) is 7.11 Å². The monoisotopic (exact) mass is 337 g/mol. The molecule has 1 saturated heterocycles. The average molecular weight is 337 g/mol. The Hall–Kier alpha value is -2.00. The van der Waals surface area contributed by atoms with Crippen molar-refractivity contribution in [1.82, 2.24) is 4.90 Å². The molecule has 4 rings (SSSR count). The molecular weight excluding hydrogens is 310 g/mol. The van der Waals surface area contributed by atoms with Crippen molar-refractivity contribution in [1.29, 1.82) is 0 Å². The molecule has 132 valence electrons. The first-order valence-corrected chi connectivity index (χ1v) is 9.39. The number of ether oxygens (including phenoxy) is 2. The third-order valence-electron chi connectivity index (χ3n) is 5.81. The Kier molecular flexibility index (Phi) is 4.67. The lowest BCUT2D eigenvalue weighted by molar-refractivity contribution is -0.0141. The Morgan fingerprint density at radius 1 is 1.00 bits per heavy atom. The number of para-hydroxylation sites is 2. The van der Waals surface area contributed by atoms with Gasteiger partial charge in [0.1, 0.15) is 17.1 Å². The van der Waals surface area contributed by atoms with Crippen molar-refractivity contribution in [3.63, 3.8) is 0 Å². The number of rotatable bonds is 4. The minimum Gasteiger partial charge on any atom is -0.496 e.